The van der Waals surface area contributed by atoms with Crippen LogP contribution in [0, 0.1) is 17.1 Å². The molecule has 0 aliphatic carbocycles. The number of nitrogens with zero attached hydrogens (tertiary/aromatic N) is 3. The van der Waals surface area contributed by atoms with Crippen molar-refractivity contribution in [3.8, 4) is 6.07 Å². The highest BCUT2D eigenvalue weighted by Gasteiger charge is 2.12. The van der Waals surface area contributed by atoms with Crippen molar-refractivity contribution in [3.05, 3.63) is 40.4 Å². The van der Waals surface area contributed by atoms with Gasteiger partial charge in [-0.15, -0.1) is 0 Å². The zero-order valence-electron chi connectivity index (χ0n) is 10.6. The van der Waals surface area contributed by atoms with E-state index in [0.29, 0.717) is 28.3 Å². The van der Waals surface area contributed by atoms with Gasteiger partial charge in [0.2, 0.25) is 0 Å². The van der Waals surface area contributed by atoms with Gasteiger partial charge in [0, 0.05) is 6.54 Å². The molecule has 2 aromatic rings. The molecule has 102 valence electrons. The SMILES string of the molecule is CCNc1ncnc(Nc2cccc(F)c2C#N)c1Br. The molecule has 0 radical (unpaired) electrons. The fourth-order valence-electron chi connectivity index (χ4n) is 1.62. The molecule has 0 bridgehead atoms. The summed E-state index contributed by atoms with van der Waals surface area (Å²) < 4.78 is 14.2. The lowest BCUT2D eigenvalue weighted by atomic mass is 10.2. The predicted molar refractivity (Wildman–Crippen MR) is 78.3 cm³/mol. The third-order valence-electron chi connectivity index (χ3n) is 2.51. The Kier molecular flexibility index (Phi) is 4.48. The van der Waals surface area contributed by atoms with Crippen LogP contribution in [0.2, 0.25) is 0 Å². The summed E-state index contributed by atoms with van der Waals surface area (Å²) in [7, 11) is 0. The second-order valence-corrected chi connectivity index (χ2v) is 4.61. The Morgan fingerprint density at radius 3 is 2.80 bits per heavy atom. The molecule has 1 heterocycles. The summed E-state index contributed by atoms with van der Waals surface area (Å²) >= 11 is 3.38. The van der Waals surface area contributed by atoms with Crippen molar-refractivity contribution in [2.45, 2.75) is 6.92 Å². The Bertz CT molecular complexity index is 668. The number of halogens is 2. The lowest BCUT2D eigenvalue weighted by Gasteiger charge is -2.11. The first-order valence-corrected chi connectivity index (χ1v) is 6.66. The van der Waals surface area contributed by atoms with Crippen molar-refractivity contribution < 1.29 is 4.39 Å². The second kappa shape index (κ2) is 6.30. The van der Waals surface area contributed by atoms with Gasteiger partial charge in [-0.25, -0.2) is 14.4 Å². The molecule has 0 atom stereocenters. The normalized spacial score (nSPS) is 9.90. The van der Waals surface area contributed by atoms with Crippen molar-refractivity contribution in [1.29, 1.82) is 5.26 Å². The highest BCUT2D eigenvalue weighted by Crippen LogP contribution is 2.30. The van der Waals surface area contributed by atoms with E-state index in [4.69, 9.17) is 5.26 Å². The zero-order chi connectivity index (χ0) is 14.5. The molecule has 0 saturated heterocycles. The van der Waals surface area contributed by atoms with Gasteiger partial charge in [-0.05, 0) is 35.0 Å². The maximum Gasteiger partial charge on any atom is 0.150 e. The van der Waals surface area contributed by atoms with Crippen molar-refractivity contribution in [3.63, 3.8) is 0 Å². The number of nitrogens with one attached hydrogen (secondary N) is 2. The van der Waals surface area contributed by atoms with Crippen LogP contribution in [0.3, 0.4) is 0 Å². The van der Waals surface area contributed by atoms with E-state index < -0.39 is 5.82 Å². The van der Waals surface area contributed by atoms with Crippen LogP contribution in [-0.4, -0.2) is 16.5 Å². The molecule has 0 aliphatic rings. The third-order valence-corrected chi connectivity index (χ3v) is 3.26. The Morgan fingerprint density at radius 1 is 1.35 bits per heavy atom. The van der Waals surface area contributed by atoms with E-state index in [0.717, 1.165) is 0 Å². The predicted octanol–water partition coefficient (Wildman–Crippen LogP) is 3.43. The van der Waals surface area contributed by atoms with Crippen LogP contribution in [0.25, 0.3) is 0 Å². The molecule has 1 aromatic heterocycles. The van der Waals surface area contributed by atoms with E-state index >= 15 is 0 Å². The van der Waals surface area contributed by atoms with Crippen molar-refractivity contribution in [2.75, 3.05) is 17.2 Å². The van der Waals surface area contributed by atoms with Gasteiger partial charge in [-0.2, -0.15) is 5.26 Å². The number of hydrogen-bond donors (Lipinski definition) is 2. The number of benzene rings is 1. The average molecular weight is 336 g/mol. The van der Waals surface area contributed by atoms with Crippen LogP contribution in [0.5, 0.6) is 0 Å². The first-order chi connectivity index (χ1) is 9.67. The van der Waals surface area contributed by atoms with Crippen LogP contribution >= 0.6 is 15.9 Å². The molecule has 20 heavy (non-hydrogen) atoms. The summed E-state index contributed by atoms with van der Waals surface area (Å²) in [6, 6.07) is 6.21. The molecule has 5 nitrogen and oxygen atoms in total. The van der Waals surface area contributed by atoms with Gasteiger partial charge in [0.25, 0.3) is 0 Å². The number of aromatic nitrogens is 2. The minimum absolute atomic E-state index is 0.0528. The van der Waals surface area contributed by atoms with Crippen molar-refractivity contribution >= 4 is 33.3 Å². The van der Waals surface area contributed by atoms with Crippen molar-refractivity contribution in [1.82, 2.24) is 9.97 Å². The molecular weight excluding hydrogens is 325 g/mol. The van der Waals surface area contributed by atoms with Crippen LogP contribution in [0.4, 0.5) is 21.7 Å². The summed E-state index contributed by atoms with van der Waals surface area (Å²) in [6.07, 6.45) is 1.39. The summed E-state index contributed by atoms with van der Waals surface area (Å²) in [6.45, 7) is 2.65. The molecule has 0 saturated carbocycles. The number of nitriles is 1. The lowest BCUT2D eigenvalue weighted by molar-refractivity contribution is 0.624. The van der Waals surface area contributed by atoms with E-state index in [1.165, 1.54) is 18.5 Å². The largest absolute Gasteiger partial charge is 0.369 e. The first-order valence-electron chi connectivity index (χ1n) is 5.87. The van der Waals surface area contributed by atoms with Crippen molar-refractivity contribution in [2.24, 2.45) is 0 Å². The molecule has 1 aromatic carbocycles. The van der Waals surface area contributed by atoms with Crippen LogP contribution < -0.4 is 10.6 Å². The van der Waals surface area contributed by atoms with Gasteiger partial charge in [-0.1, -0.05) is 6.07 Å². The van der Waals surface area contributed by atoms with Crippen LogP contribution in [0.1, 0.15) is 12.5 Å². The summed E-state index contributed by atoms with van der Waals surface area (Å²) in [5.41, 5.74) is 0.303. The highest BCUT2D eigenvalue weighted by molar-refractivity contribution is 9.10. The minimum atomic E-state index is -0.574. The van der Waals surface area contributed by atoms with Gasteiger partial charge in [0.15, 0.2) is 0 Å². The van der Waals surface area contributed by atoms with E-state index in [1.54, 1.807) is 6.07 Å². The average Bonchev–Trinajstić information content (AvgIpc) is 2.44. The maximum absolute atomic E-state index is 13.5. The van der Waals surface area contributed by atoms with E-state index in [-0.39, 0.29) is 5.56 Å². The van der Waals surface area contributed by atoms with Crippen LogP contribution in [-0.2, 0) is 0 Å². The number of rotatable bonds is 4. The van der Waals surface area contributed by atoms with Crippen LogP contribution in [0.15, 0.2) is 29.0 Å². The molecule has 0 aliphatic heterocycles. The molecule has 0 fully saturated rings. The third kappa shape index (κ3) is 2.86. The second-order valence-electron chi connectivity index (χ2n) is 3.81. The molecular formula is C13H11BrFN5. The minimum Gasteiger partial charge on any atom is -0.369 e. The molecule has 7 heteroatoms. The molecule has 0 unspecified atom stereocenters. The van der Waals surface area contributed by atoms with Gasteiger partial charge in [-0.3, -0.25) is 0 Å². The Labute approximate surface area is 124 Å². The quantitative estimate of drug-likeness (QED) is 0.895. The van der Waals surface area contributed by atoms with E-state index in [2.05, 4.69) is 36.5 Å². The van der Waals surface area contributed by atoms with E-state index in [9.17, 15) is 4.39 Å². The lowest BCUT2D eigenvalue weighted by Crippen LogP contribution is -2.04. The molecule has 0 amide bonds. The van der Waals surface area contributed by atoms with Gasteiger partial charge in [0.1, 0.15) is 39.9 Å². The standard InChI is InChI=1S/C13H11BrFN5/c1-2-17-12-11(14)13(19-7-18-12)20-10-5-3-4-9(15)8(10)6-16/h3-5,7H,2H2,1H3,(H2,17,18,19,20). The topological polar surface area (TPSA) is 73.6 Å². The molecule has 2 rings (SSSR count). The first kappa shape index (κ1) is 14.2. The monoisotopic (exact) mass is 335 g/mol. The Hall–Kier alpha value is -2.20. The summed E-state index contributed by atoms with van der Waals surface area (Å²) in [5.74, 6) is 0.507. The zero-order valence-corrected chi connectivity index (χ0v) is 12.2. The number of anilines is 3. The summed E-state index contributed by atoms with van der Waals surface area (Å²) in [4.78, 5) is 8.16. The van der Waals surface area contributed by atoms with Gasteiger partial charge in [0.05, 0.1) is 5.69 Å². The fourth-order valence-corrected chi connectivity index (χ4v) is 2.06. The smallest absolute Gasteiger partial charge is 0.150 e. The Morgan fingerprint density at radius 2 is 2.10 bits per heavy atom. The van der Waals surface area contributed by atoms with Gasteiger partial charge < -0.3 is 10.6 Å². The number of hydrogen-bond acceptors (Lipinski definition) is 5. The summed E-state index contributed by atoms with van der Waals surface area (Å²) in [5, 5.41) is 15.0. The Balaban J connectivity index is 2.39. The maximum atomic E-state index is 13.5. The molecule has 0 spiro atoms. The fraction of sp³-hybridized carbons (Fsp3) is 0.154. The highest BCUT2D eigenvalue weighted by atomic mass is 79.9. The van der Waals surface area contributed by atoms with Gasteiger partial charge >= 0.3 is 0 Å². The van der Waals surface area contributed by atoms with E-state index in [1.807, 2.05) is 13.0 Å². The molecule has 2 N–H and O–H groups in total.